The third-order valence-electron chi connectivity index (χ3n) is 1.25. The summed E-state index contributed by atoms with van der Waals surface area (Å²) in [5, 5.41) is 18.5. The lowest BCUT2D eigenvalue weighted by molar-refractivity contribution is -0.571. The fraction of sp³-hybridized carbons (Fsp3) is 1.00. The van der Waals surface area contributed by atoms with Crippen LogP contribution in [-0.2, 0) is 0 Å². The summed E-state index contributed by atoms with van der Waals surface area (Å²) in [4.78, 5) is 9.20. The zero-order chi connectivity index (χ0) is 8.15. The average Bonchev–Trinajstić information content (AvgIpc) is 1.82. The molecular formula is C6H13NO3. The standard InChI is InChI=1S/C6H13NO3/c1-5(2)3-4-6(8)7(9)10/h5-6,8H,3-4H2,1-2H3. The third-order valence-corrected chi connectivity index (χ3v) is 1.25. The van der Waals surface area contributed by atoms with Crippen molar-refractivity contribution in [2.45, 2.75) is 32.9 Å². The minimum absolute atomic E-state index is 0.255. The Morgan fingerprint density at radius 3 is 2.30 bits per heavy atom. The quantitative estimate of drug-likeness (QED) is 0.367. The molecular weight excluding hydrogens is 134 g/mol. The first kappa shape index (κ1) is 9.36. The van der Waals surface area contributed by atoms with Crippen molar-refractivity contribution in [3.63, 3.8) is 0 Å². The first-order chi connectivity index (χ1) is 4.54. The monoisotopic (exact) mass is 147 g/mol. The van der Waals surface area contributed by atoms with Crippen molar-refractivity contribution in [3.8, 4) is 0 Å². The minimum atomic E-state index is -1.37. The topological polar surface area (TPSA) is 63.4 Å². The maximum absolute atomic E-state index is 9.87. The second-order valence-corrected chi connectivity index (χ2v) is 2.74. The van der Waals surface area contributed by atoms with E-state index in [0.29, 0.717) is 12.3 Å². The van der Waals surface area contributed by atoms with Gasteiger partial charge in [0, 0.05) is 6.42 Å². The smallest absolute Gasteiger partial charge is 0.313 e. The van der Waals surface area contributed by atoms with E-state index in [1.54, 1.807) is 0 Å². The van der Waals surface area contributed by atoms with Crippen LogP contribution in [0, 0.1) is 16.0 Å². The lowest BCUT2D eigenvalue weighted by Crippen LogP contribution is -2.18. The van der Waals surface area contributed by atoms with Gasteiger partial charge in [0.05, 0.1) is 4.92 Å². The average molecular weight is 147 g/mol. The van der Waals surface area contributed by atoms with E-state index in [1.807, 2.05) is 13.8 Å². The van der Waals surface area contributed by atoms with Crippen LogP contribution in [-0.4, -0.2) is 16.3 Å². The maximum atomic E-state index is 9.87. The summed E-state index contributed by atoms with van der Waals surface area (Å²) in [5.74, 6) is 0.412. The highest BCUT2D eigenvalue weighted by molar-refractivity contribution is 4.46. The first-order valence-corrected chi connectivity index (χ1v) is 3.35. The molecule has 4 nitrogen and oxygen atoms in total. The minimum Gasteiger partial charge on any atom is -0.333 e. The van der Waals surface area contributed by atoms with Crippen LogP contribution in [0.1, 0.15) is 26.7 Å². The Balaban J connectivity index is 3.40. The summed E-state index contributed by atoms with van der Waals surface area (Å²) in [6.45, 7) is 3.93. The zero-order valence-corrected chi connectivity index (χ0v) is 6.28. The maximum Gasteiger partial charge on any atom is 0.313 e. The van der Waals surface area contributed by atoms with Gasteiger partial charge in [-0.2, -0.15) is 0 Å². The second kappa shape index (κ2) is 4.22. The van der Waals surface area contributed by atoms with Gasteiger partial charge in [0.15, 0.2) is 0 Å². The Hall–Kier alpha value is -0.640. The van der Waals surface area contributed by atoms with Crippen LogP contribution in [0.25, 0.3) is 0 Å². The summed E-state index contributed by atoms with van der Waals surface area (Å²) >= 11 is 0. The van der Waals surface area contributed by atoms with Crippen molar-refractivity contribution >= 4 is 0 Å². The first-order valence-electron chi connectivity index (χ1n) is 3.35. The van der Waals surface area contributed by atoms with Crippen molar-refractivity contribution in [2.24, 2.45) is 5.92 Å². The molecule has 10 heavy (non-hydrogen) atoms. The molecule has 0 spiro atoms. The normalized spacial score (nSPS) is 13.6. The van der Waals surface area contributed by atoms with Gasteiger partial charge < -0.3 is 5.11 Å². The Morgan fingerprint density at radius 2 is 2.00 bits per heavy atom. The molecule has 0 aromatic rings. The fourth-order valence-corrected chi connectivity index (χ4v) is 0.588. The van der Waals surface area contributed by atoms with Crippen molar-refractivity contribution in [1.29, 1.82) is 0 Å². The molecule has 0 aliphatic heterocycles. The van der Waals surface area contributed by atoms with Gasteiger partial charge in [-0.1, -0.05) is 13.8 Å². The molecule has 1 unspecified atom stereocenters. The van der Waals surface area contributed by atoms with E-state index in [-0.39, 0.29) is 6.42 Å². The highest BCUT2D eigenvalue weighted by atomic mass is 16.7. The van der Waals surface area contributed by atoms with Gasteiger partial charge in [0.25, 0.3) is 0 Å². The number of nitro groups is 1. The molecule has 0 bridgehead atoms. The summed E-state index contributed by atoms with van der Waals surface area (Å²) < 4.78 is 0. The summed E-state index contributed by atoms with van der Waals surface area (Å²) in [6, 6.07) is 0. The van der Waals surface area contributed by atoms with Gasteiger partial charge in [-0.05, 0) is 12.3 Å². The van der Waals surface area contributed by atoms with Crippen LogP contribution in [0.4, 0.5) is 0 Å². The van der Waals surface area contributed by atoms with E-state index >= 15 is 0 Å². The second-order valence-electron chi connectivity index (χ2n) is 2.74. The molecule has 4 heteroatoms. The highest BCUT2D eigenvalue weighted by Gasteiger charge is 2.14. The Kier molecular flexibility index (Phi) is 3.95. The predicted octanol–water partition coefficient (Wildman–Crippen LogP) is 1.02. The molecule has 1 atom stereocenters. The van der Waals surface area contributed by atoms with Crippen molar-refractivity contribution in [1.82, 2.24) is 0 Å². The van der Waals surface area contributed by atoms with Gasteiger partial charge in [0.2, 0.25) is 0 Å². The Bertz CT molecular complexity index is 114. The number of aliphatic hydroxyl groups excluding tert-OH is 1. The van der Waals surface area contributed by atoms with Crippen molar-refractivity contribution in [3.05, 3.63) is 10.1 Å². The van der Waals surface area contributed by atoms with Crippen LogP contribution in [0.15, 0.2) is 0 Å². The van der Waals surface area contributed by atoms with Crippen LogP contribution >= 0.6 is 0 Å². The van der Waals surface area contributed by atoms with Gasteiger partial charge >= 0.3 is 6.23 Å². The molecule has 1 N–H and O–H groups in total. The molecule has 0 fully saturated rings. The van der Waals surface area contributed by atoms with E-state index in [2.05, 4.69) is 0 Å². The Morgan fingerprint density at radius 1 is 1.50 bits per heavy atom. The number of rotatable bonds is 4. The summed E-state index contributed by atoms with van der Waals surface area (Å²) in [7, 11) is 0. The molecule has 0 aromatic carbocycles. The number of nitrogens with zero attached hydrogens (tertiary/aromatic N) is 1. The van der Waals surface area contributed by atoms with E-state index in [0.717, 1.165) is 0 Å². The van der Waals surface area contributed by atoms with E-state index in [1.165, 1.54) is 0 Å². The van der Waals surface area contributed by atoms with E-state index in [4.69, 9.17) is 5.11 Å². The van der Waals surface area contributed by atoms with Gasteiger partial charge in [-0.15, -0.1) is 0 Å². The fourth-order valence-electron chi connectivity index (χ4n) is 0.588. The molecule has 0 radical (unpaired) electrons. The molecule has 0 aliphatic carbocycles. The number of aliphatic hydroxyl groups is 1. The lowest BCUT2D eigenvalue weighted by atomic mass is 10.1. The van der Waals surface area contributed by atoms with E-state index < -0.39 is 11.2 Å². The SMILES string of the molecule is CC(C)CCC(O)[N+](=O)[O-]. The molecule has 0 saturated carbocycles. The third kappa shape index (κ3) is 4.26. The molecule has 60 valence electrons. The summed E-state index contributed by atoms with van der Waals surface area (Å²) in [6.07, 6.45) is -0.422. The van der Waals surface area contributed by atoms with Gasteiger partial charge in [0.1, 0.15) is 0 Å². The molecule has 0 aromatic heterocycles. The Labute approximate surface area is 60.0 Å². The van der Waals surface area contributed by atoms with Gasteiger partial charge in [-0.25, -0.2) is 0 Å². The van der Waals surface area contributed by atoms with Crippen molar-refractivity contribution in [2.75, 3.05) is 0 Å². The molecule has 0 amide bonds. The highest BCUT2D eigenvalue weighted by Crippen LogP contribution is 2.06. The van der Waals surface area contributed by atoms with Gasteiger partial charge in [-0.3, -0.25) is 10.1 Å². The number of hydrogen-bond donors (Lipinski definition) is 1. The van der Waals surface area contributed by atoms with Crippen molar-refractivity contribution < 1.29 is 10.0 Å². The van der Waals surface area contributed by atoms with Crippen LogP contribution < -0.4 is 0 Å². The van der Waals surface area contributed by atoms with Crippen LogP contribution in [0.3, 0.4) is 0 Å². The summed E-state index contributed by atoms with van der Waals surface area (Å²) in [5.41, 5.74) is 0. The lowest BCUT2D eigenvalue weighted by Gasteiger charge is -2.03. The largest absolute Gasteiger partial charge is 0.333 e. The zero-order valence-electron chi connectivity index (χ0n) is 6.28. The number of hydrogen-bond acceptors (Lipinski definition) is 3. The van der Waals surface area contributed by atoms with E-state index in [9.17, 15) is 10.1 Å². The molecule has 0 heterocycles. The molecule has 0 rings (SSSR count). The molecule has 0 saturated heterocycles. The molecule has 0 aliphatic rings. The van der Waals surface area contributed by atoms with Crippen LogP contribution in [0.2, 0.25) is 0 Å². The van der Waals surface area contributed by atoms with Crippen LogP contribution in [0.5, 0.6) is 0 Å². The predicted molar refractivity (Wildman–Crippen MR) is 37.1 cm³/mol.